The highest BCUT2D eigenvalue weighted by molar-refractivity contribution is 7.85. The van der Waals surface area contributed by atoms with E-state index in [2.05, 4.69) is 13.8 Å². The van der Waals surface area contributed by atoms with Crippen LogP contribution in [0.1, 0.15) is 39.5 Å². The molecule has 0 aliphatic rings. The first-order valence-corrected chi connectivity index (χ1v) is 11.6. The zero-order valence-corrected chi connectivity index (χ0v) is 18.2. The zero-order chi connectivity index (χ0) is 21.7. The highest BCUT2D eigenvalue weighted by Crippen LogP contribution is 2.24. The van der Waals surface area contributed by atoms with Gasteiger partial charge in [0.1, 0.15) is 0 Å². The van der Waals surface area contributed by atoms with Gasteiger partial charge in [0.25, 0.3) is 10.1 Å². The van der Waals surface area contributed by atoms with Crippen LogP contribution >= 0.6 is 0 Å². The quantitative estimate of drug-likeness (QED) is 0.268. The van der Waals surface area contributed by atoms with Crippen LogP contribution in [0, 0.1) is 0 Å². The molecule has 0 aliphatic carbocycles. The van der Waals surface area contributed by atoms with Crippen LogP contribution in [0.4, 0.5) is 5.69 Å². The van der Waals surface area contributed by atoms with E-state index in [9.17, 15) is 23.2 Å². The number of hydrogen-bond acceptors (Lipinski definition) is 7. The van der Waals surface area contributed by atoms with Gasteiger partial charge in [-0.25, -0.2) is 0 Å². The van der Waals surface area contributed by atoms with Crippen molar-refractivity contribution >= 4 is 15.8 Å². The fourth-order valence-electron chi connectivity index (χ4n) is 2.90. The van der Waals surface area contributed by atoms with Gasteiger partial charge in [0.2, 0.25) is 0 Å². The number of nitrogens with zero attached hydrogens (tertiary/aromatic N) is 1. The van der Waals surface area contributed by atoms with Gasteiger partial charge in [-0.2, -0.15) is 8.42 Å². The van der Waals surface area contributed by atoms with E-state index in [0.717, 1.165) is 25.7 Å². The van der Waals surface area contributed by atoms with E-state index in [1.807, 2.05) is 0 Å². The molecule has 9 heteroatoms. The molecule has 0 bridgehead atoms. The van der Waals surface area contributed by atoms with E-state index < -0.39 is 22.2 Å². The smallest absolute Gasteiger partial charge is 0.294 e. The van der Waals surface area contributed by atoms with Gasteiger partial charge in [-0.05, 0) is 31.0 Å². The van der Waals surface area contributed by atoms with Crippen molar-refractivity contribution in [2.45, 2.75) is 56.5 Å². The zero-order valence-electron chi connectivity index (χ0n) is 17.4. The Balaban J connectivity index is 3.14. The predicted molar refractivity (Wildman–Crippen MR) is 112 cm³/mol. The Morgan fingerprint density at radius 2 is 1.48 bits per heavy atom. The van der Waals surface area contributed by atoms with Gasteiger partial charge < -0.3 is 24.6 Å². The van der Waals surface area contributed by atoms with E-state index >= 15 is 0 Å². The van der Waals surface area contributed by atoms with Crippen molar-refractivity contribution in [1.29, 1.82) is 0 Å². The fourth-order valence-corrected chi connectivity index (χ4v) is 3.42. The summed E-state index contributed by atoms with van der Waals surface area (Å²) in [6, 6.07) is 4.74. The molecule has 168 valence electrons. The van der Waals surface area contributed by atoms with Crippen LogP contribution in [-0.4, -0.2) is 74.9 Å². The number of aliphatic hydroxyl groups is 2. The second kappa shape index (κ2) is 13.9. The Kier molecular flexibility index (Phi) is 12.4. The Morgan fingerprint density at radius 3 is 1.90 bits per heavy atom. The molecular weight excluding hydrogens is 398 g/mol. The van der Waals surface area contributed by atoms with Gasteiger partial charge in [-0.15, -0.1) is 0 Å². The number of aliphatic hydroxyl groups excluding tert-OH is 2. The van der Waals surface area contributed by atoms with Crippen molar-refractivity contribution in [3.8, 4) is 0 Å². The average Bonchev–Trinajstić information content (AvgIpc) is 2.71. The molecule has 3 N–H and O–H groups in total. The van der Waals surface area contributed by atoms with Crippen LogP contribution < -0.4 is 4.90 Å². The normalized spacial score (nSPS) is 14.0. The molecule has 0 saturated carbocycles. The maximum atomic E-state index is 11.6. The maximum absolute atomic E-state index is 11.6. The van der Waals surface area contributed by atoms with Crippen molar-refractivity contribution in [3.63, 3.8) is 0 Å². The first-order valence-electron chi connectivity index (χ1n) is 10.1. The largest absolute Gasteiger partial charge is 0.394 e. The topological polar surface area (TPSA) is 117 Å². The maximum Gasteiger partial charge on any atom is 0.294 e. The Labute approximate surface area is 174 Å². The molecular formula is C20H35NO7S. The van der Waals surface area contributed by atoms with Crippen LogP contribution in [0.3, 0.4) is 0 Å². The minimum Gasteiger partial charge on any atom is -0.394 e. The fraction of sp³-hybridized carbons (Fsp3) is 0.700. The summed E-state index contributed by atoms with van der Waals surface area (Å²) >= 11 is 0. The number of ether oxygens (including phenoxy) is 2. The summed E-state index contributed by atoms with van der Waals surface area (Å²) in [4.78, 5) is 1.46. The molecule has 0 fully saturated rings. The summed E-state index contributed by atoms with van der Waals surface area (Å²) < 4.78 is 43.9. The van der Waals surface area contributed by atoms with Gasteiger partial charge in [0.05, 0.1) is 43.4 Å². The molecule has 29 heavy (non-hydrogen) atoms. The minimum absolute atomic E-state index is 0.206. The summed E-state index contributed by atoms with van der Waals surface area (Å²) in [7, 11) is -4.39. The first-order chi connectivity index (χ1) is 13.9. The van der Waals surface area contributed by atoms with Crippen LogP contribution in [0.5, 0.6) is 0 Å². The molecule has 2 atom stereocenters. The van der Waals surface area contributed by atoms with Gasteiger partial charge in [-0.3, -0.25) is 4.55 Å². The minimum atomic E-state index is -4.39. The van der Waals surface area contributed by atoms with E-state index in [1.54, 1.807) is 11.0 Å². The van der Waals surface area contributed by atoms with Crippen molar-refractivity contribution in [1.82, 2.24) is 0 Å². The van der Waals surface area contributed by atoms with E-state index in [1.165, 1.54) is 18.2 Å². The summed E-state index contributed by atoms with van der Waals surface area (Å²) in [5, 5.41) is 20.0. The molecule has 8 nitrogen and oxygen atoms in total. The summed E-state index contributed by atoms with van der Waals surface area (Å²) in [5.41, 5.74) is 0.441. The molecule has 0 spiro atoms. The summed E-state index contributed by atoms with van der Waals surface area (Å²) in [5.74, 6) is 0. The number of hydrogen-bond donors (Lipinski definition) is 3. The van der Waals surface area contributed by atoms with Gasteiger partial charge in [-0.1, -0.05) is 32.8 Å². The van der Waals surface area contributed by atoms with Gasteiger partial charge in [0.15, 0.2) is 0 Å². The van der Waals surface area contributed by atoms with Gasteiger partial charge >= 0.3 is 0 Å². The van der Waals surface area contributed by atoms with Crippen LogP contribution in [-0.2, 0) is 19.6 Å². The molecule has 1 rings (SSSR count). The highest BCUT2D eigenvalue weighted by Gasteiger charge is 2.27. The van der Waals surface area contributed by atoms with E-state index in [-0.39, 0.29) is 31.3 Å². The molecule has 1 aromatic carbocycles. The lowest BCUT2D eigenvalue weighted by Gasteiger charge is -2.38. The number of benzene rings is 1. The van der Waals surface area contributed by atoms with Gasteiger partial charge in [0, 0.05) is 18.9 Å². The van der Waals surface area contributed by atoms with Crippen molar-refractivity contribution in [2.24, 2.45) is 0 Å². The van der Waals surface area contributed by atoms with Crippen molar-refractivity contribution in [3.05, 3.63) is 24.3 Å². The monoisotopic (exact) mass is 433 g/mol. The Morgan fingerprint density at radius 1 is 0.966 bits per heavy atom. The molecule has 0 radical (unpaired) electrons. The summed E-state index contributed by atoms with van der Waals surface area (Å²) in [6.45, 7) is 5.09. The van der Waals surface area contributed by atoms with Crippen molar-refractivity contribution in [2.75, 3.05) is 44.5 Å². The first kappa shape index (κ1) is 25.8. The molecule has 0 aromatic heterocycles. The third kappa shape index (κ3) is 8.98. The van der Waals surface area contributed by atoms with Crippen LogP contribution in [0.15, 0.2) is 29.2 Å². The predicted octanol–water partition coefficient (Wildman–Crippen LogP) is 2.09. The third-order valence-corrected chi connectivity index (χ3v) is 5.38. The highest BCUT2D eigenvalue weighted by atomic mass is 32.2. The Hall–Kier alpha value is -1.23. The number of rotatable bonds is 16. The van der Waals surface area contributed by atoms with E-state index in [0.29, 0.717) is 18.9 Å². The number of anilines is 1. The SMILES string of the molecule is CCCCOCC(CO)N(c1cccc(S(=O)(=O)O)c1)C(CO)COCCCC. The van der Waals surface area contributed by atoms with E-state index in [4.69, 9.17) is 9.47 Å². The van der Waals surface area contributed by atoms with Crippen LogP contribution in [0.25, 0.3) is 0 Å². The second-order valence-electron chi connectivity index (χ2n) is 6.91. The second-order valence-corrected chi connectivity index (χ2v) is 8.33. The molecule has 0 saturated heterocycles. The lowest BCUT2D eigenvalue weighted by Crippen LogP contribution is -2.51. The Bertz CT molecular complexity index is 649. The molecule has 0 amide bonds. The molecule has 2 unspecified atom stereocenters. The molecule has 0 heterocycles. The lowest BCUT2D eigenvalue weighted by molar-refractivity contribution is 0.0681. The lowest BCUT2D eigenvalue weighted by atomic mass is 10.1. The van der Waals surface area contributed by atoms with Crippen LogP contribution in [0.2, 0.25) is 0 Å². The summed E-state index contributed by atoms with van der Waals surface area (Å²) in [6.07, 6.45) is 3.74. The standard InChI is InChI=1S/C20H35NO7S/c1-3-5-10-27-15-18(13-22)21(19(14-23)16-28-11-6-4-2)17-8-7-9-20(12-17)29(24,25)26/h7-9,12,18-19,22-23H,3-6,10-11,13-16H2,1-2H3,(H,24,25,26). The van der Waals surface area contributed by atoms with Crippen molar-refractivity contribution < 1.29 is 32.7 Å². The molecule has 0 aliphatic heterocycles. The molecule has 1 aromatic rings. The third-order valence-electron chi connectivity index (χ3n) is 4.53. The average molecular weight is 434 g/mol. The number of unbranched alkanes of at least 4 members (excludes halogenated alkanes) is 2.